The molecule has 0 aromatic carbocycles. The SMILES string of the molecule is CCCC1(CC)CCC(C2CCC2)CC1. The molecule has 0 heterocycles. The molecule has 2 saturated carbocycles. The van der Waals surface area contributed by atoms with Crippen molar-refractivity contribution in [1.82, 2.24) is 0 Å². The van der Waals surface area contributed by atoms with Gasteiger partial charge in [0.25, 0.3) is 0 Å². The Bertz CT molecular complexity index is 182. The van der Waals surface area contributed by atoms with Gasteiger partial charge in [-0.15, -0.1) is 0 Å². The first-order valence-electron chi connectivity index (χ1n) is 7.29. The van der Waals surface area contributed by atoms with Gasteiger partial charge in [0.2, 0.25) is 0 Å². The highest BCUT2D eigenvalue weighted by Gasteiger charge is 2.36. The predicted molar refractivity (Wildman–Crippen MR) is 66.9 cm³/mol. The Hall–Kier alpha value is 0. The van der Waals surface area contributed by atoms with Gasteiger partial charge in [-0.25, -0.2) is 0 Å². The van der Waals surface area contributed by atoms with Crippen molar-refractivity contribution in [3.63, 3.8) is 0 Å². The van der Waals surface area contributed by atoms with Crippen molar-refractivity contribution in [3.05, 3.63) is 0 Å². The third-order valence-electron chi connectivity index (χ3n) is 5.44. The maximum atomic E-state index is 2.42. The zero-order valence-corrected chi connectivity index (χ0v) is 10.7. The van der Waals surface area contributed by atoms with E-state index in [0.29, 0.717) is 0 Å². The van der Waals surface area contributed by atoms with Gasteiger partial charge in [0.1, 0.15) is 0 Å². The molecule has 88 valence electrons. The molecule has 0 aliphatic heterocycles. The van der Waals surface area contributed by atoms with Crippen LogP contribution in [0.3, 0.4) is 0 Å². The van der Waals surface area contributed by atoms with E-state index in [-0.39, 0.29) is 0 Å². The smallest absolute Gasteiger partial charge is 0.0300 e. The van der Waals surface area contributed by atoms with Crippen LogP contribution in [0.1, 0.15) is 78.1 Å². The van der Waals surface area contributed by atoms with Crippen molar-refractivity contribution >= 4 is 0 Å². The Labute approximate surface area is 95.8 Å². The van der Waals surface area contributed by atoms with Crippen LogP contribution in [0.25, 0.3) is 0 Å². The lowest BCUT2D eigenvalue weighted by molar-refractivity contribution is 0.0754. The van der Waals surface area contributed by atoms with Gasteiger partial charge in [0, 0.05) is 0 Å². The van der Waals surface area contributed by atoms with Crippen molar-refractivity contribution in [2.75, 3.05) is 0 Å². The van der Waals surface area contributed by atoms with Crippen molar-refractivity contribution in [2.45, 2.75) is 78.1 Å². The van der Waals surface area contributed by atoms with Crippen LogP contribution >= 0.6 is 0 Å². The summed E-state index contributed by atoms with van der Waals surface area (Å²) in [5, 5.41) is 0. The molecular weight excluding hydrogens is 180 g/mol. The molecule has 2 aliphatic carbocycles. The summed E-state index contributed by atoms with van der Waals surface area (Å²) in [5.41, 5.74) is 0.759. The molecular formula is C15H28. The van der Waals surface area contributed by atoms with Crippen LogP contribution in [-0.4, -0.2) is 0 Å². The summed E-state index contributed by atoms with van der Waals surface area (Å²) in [6.07, 6.45) is 15.1. The van der Waals surface area contributed by atoms with Gasteiger partial charge in [-0.2, -0.15) is 0 Å². The van der Waals surface area contributed by atoms with Gasteiger partial charge in [-0.1, -0.05) is 46.0 Å². The monoisotopic (exact) mass is 208 g/mol. The second kappa shape index (κ2) is 4.89. The minimum atomic E-state index is 0.759. The zero-order chi connectivity index (χ0) is 10.7. The first-order chi connectivity index (χ1) is 7.29. The van der Waals surface area contributed by atoms with E-state index in [4.69, 9.17) is 0 Å². The average Bonchev–Trinajstić information content (AvgIpc) is 2.19. The van der Waals surface area contributed by atoms with E-state index in [1.165, 1.54) is 25.7 Å². The lowest BCUT2D eigenvalue weighted by Crippen LogP contribution is -2.32. The molecule has 2 fully saturated rings. The van der Waals surface area contributed by atoms with Crippen LogP contribution < -0.4 is 0 Å². The van der Waals surface area contributed by atoms with E-state index >= 15 is 0 Å². The van der Waals surface area contributed by atoms with Crippen LogP contribution in [0, 0.1) is 17.3 Å². The Balaban J connectivity index is 1.83. The summed E-state index contributed by atoms with van der Waals surface area (Å²) in [7, 11) is 0. The summed E-state index contributed by atoms with van der Waals surface area (Å²) in [6, 6.07) is 0. The molecule has 0 amide bonds. The average molecular weight is 208 g/mol. The number of hydrogen-bond donors (Lipinski definition) is 0. The van der Waals surface area contributed by atoms with E-state index in [1.807, 2.05) is 0 Å². The molecule has 0 saturated heterocycles. The van der Waals surface area contributed by atoms with Gasteiger partial charge >= 0.3 is 0 Å². The summed E-state index contributed by atoms with van der Waals surface area (Å²) in [5.74, 6) is 2.26. The molecule has 0 heteroatoms. The van der Waals surface area contributed by atoms with E-state index < -0.39 is 0 Å². The lowest BCUT2D eigenvalue weighted by Gasteiger charge is -2.44. The highest BCUT2D eigenvalue weighted by Crippen LogP contribution is 2.49. The second-order valence-electron chi connectivity index (χ2n) is 6.13. The largest absolute Gasteiger partial charge is 0.0654 e. The predicted octanol–water partition coefficient (Wildman–Crippen LogP) is 5.17. The van der Waals surface area contributed by atoms with Gasteiger partial charge < -0.3 is 0 Å². The normalized spacial score (nSPS) is 37.6. The van der Waals surface area contributed by atoms with E-state index in [2.05, 4.69) is 13.8 Å². The second-order valence-corrected chi connectivity index (χ2v) is 6.13. The van der Waals surface area contributed by atoms with Crippen LogP contribution in [0.5, 0.6) is 0 Å². The van der Waals surface area contributed by atoms with Crippen LogP contribution in [0.15, 0.2) is 0 Å². The summed E-state index contributed by atoms with van der Waals surface area (Å²) < 4.78 is 0. The van der Waals surface area contributed by atoms with Gasteiger partial charge in [0.05, 0.1) is 0 Å². The van der Waals surface area contributed by atoms with Crippen molar-refractivity contribution in [3.8, 4) is 0 Å². The van der Waals surface area contributed by atoms with E-state index in [9.17, 15) is 0 Å². The molecule has 2 rings (SSSR count). The maximum Gasteiger partial charge on any atom is -0.0300 e. The van der Waals surface area contributed by atoms with E-state index in [1.54, 1.807) is 38.5 Å². The molecule has 0 nitrogen and oxygen atoms in total. The van der Waals surface area contributed by atoms with E-state index in [0.717, 1.165) is 17.3 Å². The summed E-state index contributed by atoms with van der Waals surface area (Å²) in [6.45, 7) is 4.77. The summed E-state index contributed by atoms with van der Waals surface area (Å²) >= 11 is 0. The van der Waals surface area contributed by atoms with Crippen molar-refractivity contribution < 1.29 is 0 Å². The van der Waals surface area contributed by atoms with Crippen LogP contribution in [-0.2, 0) is 0 Å². The Kier molecular flexibility index (Phi) is 3.74. The molecule has 0 N–H and O–H groups in total. The quantitative estimate of drug-likeness (QED) is 0.597. The van der Waals surface area contributed by atoms with Crippen LogP contribution in [0.4, 0.5) is 0 Å². The highest BCUT2D eigenvalue weighted by atomic mass is 14.4. The van der Waals surface area contributed by atoms with Gasteiger partial charge in [-0.05, 0) is 49.4 Å². The third-order valence-corrected chi connectivity index (χ3v) is 5.44. The fraction of sp³-hybridized carbons (Fsp3) is 1.00. The summed E-state index contributed by atoms with van der Waals surface area (Å²) in [4.78, 5) is 0. The lowest BCUT2D eigenvalue weighted by atomic mass is 9.61. The molecule has 0 radical (unpaired) electrons. The van der Waals surface area contributed by atoms with Crippen molar-refractivity contribution in [1.29, 1.82) is 0 Å². The molecule has 0 bridgehead atoms. The molecule has 2 aliphatic rings. The molecule has 0 aromatic rings. The van der Waals surface area contributed by atoms with Crippen molar-refractivity contribution in [2.24, 2.45) is 17.3 Å². The molecule has 0 spiro atoms. The Morgan fingerprint density at radius 2 is 1.53 bits per heavy atom. The Morgan fingerprint density at radius 3 is 1.93 bits per heavy atom. The topological polar surface area (TPSA) is 0 Å². The molecule has 0 aromatic heterocycles. The number of rotatable bonds is 4. The first kappa shape index (κ1) is 11.5. The minimum absolute atomic E-state index is 0.759. The van der Waals surface area contributed by atoms with Gasteiger partial charge in [0.15, 0.2) is 0 Å². The van der Waals surface area contributed by atoms with Gasteiger partial charge in [-0.3, -0.25) is 0 Å². The minimum Gasteiger partial charge on any atom is -0.0654 e. The molecule has 0 atom stereocenters. The zero-order valence-electron chi connectivity index (χ0n) is 10.7. The third kappa shape index (κ3) is 2.40. The Morgan fingerprint density at radius 1 is 0.933 bits per heavy atom. The molecule has 15 heavy (non-hydrogen) atoms. The standard InChI is InChI=1S/C15H28/c1-3-10-15(4-2)11-8-14(9-12-15)13-6-5-7-13/h13-14H,3-12H2,1-2H3. The number of hydrogen-bond acceptors (Lipinski definition) is 0. The van der Waals surface area contributed by atoms with Crippen LogP contribution in [0.2, 0.25) is 0 Å². The maximum absolute atomic E-state index is 2.42. The first-order valence-corrected chi connectivity index (χ1v) is 7.29. The fourth-order valence-electron chi connectivity index (χ4n) is 3.95. The highest BCUT2D eigenvalue weighted by molar-refractivity contribution is 4.88. The fourth-order valence-corrected chi connectivity index (χ4v) is 3.95. The molecule has 0 unspecified atom stereocenters.